The van der Waals surface area contributed by atoms with Gasteiger partial charge >= 0.3 is 0 Å². The van der Waals surface area contributed by atoms with Crippen molar-refractivity contribution in [3.8, 4) is 5.75 Å². The van der Waals surface area contributed by atoms with Crippen LogP contribution in [0, 0.1) is 16.0 Å². The fourth-order valence-electron chi connectivity index (χ4n) is 1.86. The van der Waals surface area contributed by atoms with Crippen molar-refractivity contribution in [3.05, 3.63) is 33.9 Å². The predicted octanol–water partition coefficient (Wildman–Crippen LogP) is 0.319. The summed E-state index contributed by atoms with van der Waals surface area (Å²) in [6.45, 7) is 3.42. The Morgan fingerprint density at radius 1 is 1.33 bits per heavy atom. The summed E-state index contributed by atoms with van der Waals surface area (Å²) in [7, 11) is 1.43. The molecule has 0 saturated carbocycles. The van der Waals surface area contributed by atoms with E-state index >= 15 is 0 Å². The molecule has 0 unspecified atom stereocenters. The first-order chi connectivity index (χ1) is 11.3. The van der Waals surface area contributed by atoms with Gasteiger partial charge in [0.15, 0.2) is 0 Å². The third-order valence-electron chi connectivity index (χ3n) is 3.39. The van der Waals surface area contributed by atoms with Crippen LogP contribution in [0.15, 0.2) is 18.2 Å². The molecular weight excluding hydrogens is 316 g/mol. The van der Waals surface area contributed by atoms with Crippen LogP contribution in [-0.4, -0.2) is 36.4 Å². The average molecular weight is 338 g/mol. The molecule has 0 aromatic heterocycles. The topological polar surface area (TPSA) is 137 Å². The summed E-state index contributed by atoms with van der Waals surface area (Å²) in [6, 6.07) is 3.42. The lowest BCUT2D eigenvalue weighted by atomic mass is 10.1. The summed E-state index contributed by atoms with van der Waals surface area (Å²) >= 11 is 0. The fourth-order valence-corrected chi connectivity index (χ4v) is 1.86. The number of nitrogens with two attached hydrogens (primary N) is 1. The van der Waals surface area contributed by atoms with E-state index in [2.05, 4.69) is 10.6 Å². The van der Waals surface area contributed by atoms with Crippen LogP contribution in [0.4, 0.5) is 5.69 Å². The third-order valence-corrected chi connectivity index (χ3v) is 3.39. The van der Waals surface area contributed by atoms with Crippen molar-refractivity contribution in [2.24, 2.45) is 11.7 Å². The number of nitrogens with zero attached hydrogens (tertiary/aromatic N) is 1. The normalized spacial score (nSPS) is 11.7. The lowest BCUT2D eigenvalue weighted by Crippen LogP contribution is -2.47. The van der Waals surface area contributed by atoms with Crippen LogP contribution in [-0.2, 0) is 16.1 Å². The highest BCUT2D eigenvalue weighted by atomic mass is 16.6. The first-order valence-electron chi connectivity index (χ1n) is 7.37. The minimum Gasteiger partial charge on any atom is -0.496 e. The van der Waals surface area contributed by atoms with Crippen LogP contribution >= 0.6 is 0 Å². The summed E-state index contributed by atoms with van der Waals surface area (Å²) in [5, 5.41) is 15.8. The Hall–Kier alpha value is -2.68. The zero-order chi connectivity index (χ0) is 18.3. The number of ether oxygens (including phenoxy) is 1. The highest BCUT2D eigenvalue weighted by Gasteiger charge is 2.18. The smallest absolute Gasteiger partial charge is 0.270 e. The summed E-state index contributed by atoms with van der Waals surface area (Å²) in [6.07, 6.45) is 0. The molecule has 0 fully saturated rings. The van der Waals surface area contributed by atoms with Gasteiger partial charge in [-0.05, 0) is 12.0 Å². The average Bonchev–Trinajstić information content (AvgIpc) is 2.56. The minimum absolute atomic E-state index is 0.0375. The molecule has 4 N–H and O–H groups in total. The highest BCUT2D eigenvalue weighted by Crippen LogP contribution is 2.23. The van der Waals surface area contributed by atoms with E-state index in [-0.39, 0.29) is 24.7 Å². The molecule has 9 nitrogen and oxygen atoms in total. The number of benzene rings is 1. The number of rotatable bonds is 8. The van der Waals surface area contributed by atoms with Crippen LogP contribution in [0.2, 0.25) is 0 Å². The van der Waals surface area contributed by atoms with E-state index in [0.717, 1.165) is 0 Å². The Morgan fingerprint density at radius 3 is 2.54 bits per heavy atom. The molecule has 132 valence electrons. The van der Waals surface area contributed by atoms with E-state index in [1.807, 2.05) is 0 Å². The number of hydrogen-bond donors (Lipinski definition) is 3. The van der Waals surface area contributed by atoms with Crippen LogP contribution in [0.3, 0.4) is 0 Å². The molecule has 0 aliphatic carbocycles. The van der Waals surface area contributed by atoms with E-state index < -0.39 is 22.8 Å². The van der Waals surface area contributed by atoms with Crippen molar-refractivity contribution >= 4 is 17.5 Å². The predicted molar refractivity (Wildman–Crippen MR) is 87.3 cm³/mol. The van der Waals surface area contributed by atoms with Gasteiger partial charge in [0.2, 0.25) is 11.8 Å². The van der Waals surface area contributed by atoms with E-state index in [0.29, 0.717) is 11.3 Å². The number of amides is 2. The molecule has 0 aliphatic rings. The van der Waals surface area contributed by atoms with Crippen molar-refractivity contribution in [2.45, 2.75) is 26.4 Å². The van der Waals surface area contributed by atoms with Gasteiger partial charge in [-0.1, -0.05) is 13.8 Å². The Kier molecular flexibility index (Phi) is 7.12. The second-order valence-corrected chi connectivity index (χ2v) is 5.52. The number of non-ortho nitro benzene ring substituents is 1. The van der Waals surface area contributed by atoms with Crippen LogP contribution in [0.25, 0.3) is 0 Å². The number of hydrogen-bond acceptors (Lipinski definition) is 6. The summed E-state index contributed by atoms with van der Waals surface area (Å²) in [4.78, 5) is 33.7. The lowest BCUT2D eigenvalue weighted by Gasteiger charge is -2.15. The molecule has 1 atom stereocenters. The van der Waals surface area contributed by atoms with Gasteiger partial charge in [0, 0.05) is 24.2 Å². The molecule has 0 spiro atoms. The number of carbonyl (C=O) groups is 2. The molecule has 0 radical (unpaired) electrons. The highest BCUT2D eigenvalue weighted by molar-refractivity contribution is 5.87. The standard InChI is InChI=1S/C15H22N4O5/c1-9(2)14(16)15(21)18-8-13(20)17-7-10-6-11(19(22)23)4-5-12(10)24-3/h4-6,9,14H,7-8,16H2,1-3H3,(H,17,20)(H,18,21)/t14-/m0/s1. The van der Waals surface area contributed by atoms with Crippen molar-refractivity contribution in [1.82, 2.24) is 10.6 Å². The Morgan fingerprint density at radius 2 is 2.00 bits per heavy atom. The van der Waals surface area contributed by atoms with Gasteiger partial charge in [-0.15, -0.1) is 0 Å². The third kappa shape index (κ3) is 5.51. The van der Waals surface area contributed by atoms with Gasteiger partial charge in [0.1, 0.15) is 5.75 Å². The summed E-state index contributed by atoms with van der Waals surface area (Å²) < 4.78 is 5.11. The van der Waals surface area contributed by atoms with Gasteiger partial charge < -0.3 is 21.1 Å². The molecule has 0 heterocycles. The van der Waals surface area contributed by atoms with Crippen LogP contribution < -0.4 is 21.1 Å². The molecule has 1 aromatic rings. The number of carbonyl (C=O) groups excluding carboxylic acids is 2. The fraction of sp³-hybridized carbons (Fsp3) is 0.467. The van der Waals surface area contributed by atoms with E-state index in [9.17, 15) is 19.7 Å². The molecule has 24 heavy (non-hydrogen) atoms. The van der Waals surface area contributed by atoms with Gasteiger partial charge in [-0.2, -0.15) is 0 Å². The number of nitrogens with one attached hydrogen (secondary N) is 2. The second kappa shape index (κ2) is 8.82. The van der Waals surface area contributed by atoms with E-state index in [4.69, 9.17) is 10.5 Å². The Balaban J connectivity index is 2.59. The van der Waals surface area contributed by atoms with E-state index in [1.165, 1.54) is 25.3 Å². The maximum absolute atomic E-state index is 11.8. The zero-order valence-corrected chi connectivity index (χ0v) is 13.9. The number of nitro groups is 1. The Labute approximate surface area is 139 Å². The molecule has 0 bridgehead atoms. The molecule has 1 aromatic carbocycles. The first-order valence-corrected chi connectivity index (χ1v) is 7.37. The van der Waals surface area contributed by atoms with Gasteiger partial charge in [0.25, 0.3) is 5.69 Å². The van der Waals surface area contributed by atoms with Crippen molar-refractivity contribution in [3.63, 3.8) is 0 Å². The molecular formula is C15H22N4O5. The quantitative estimate of drug-likeness (QED) is 0.461. The van der Waals surface area contributed by atoms with Crippen molar-refractivity contribution < 1.29 is 19.2 Å². The zero-order valence-electron chi connectivity index (χ0n) is 13.9. The summed E-state index contributed by atoms with van der Waals surface area (Å²) in [5.74, 6) is -0.463. The minimum atomic E-state index is -0.685. The van der Waals surface area contributed by atoms with Gasteiger partial charge in [-0.25, -0.2) is 0 Å². The molecule has 2 amide bonds. The molecule has 0 saturated heterocycles. The number of methoxy groups -OCH3 is 1. The summed E-state index contributed by atoms with van der Waals surface area (Å²) in [5.41, 5.74) is 6.03. The maximum Gasteiger partial charge on any atom is 0.270 e. The lowest BCUT2D eigenvalue weighted by molar-refractivity contribution is -0.384. The molecule has 0 aliphatic heterocycles. The van der Waals surface area contributed by atoms with Crippen molar-refractivity contribution in [1.29, 1.82) is 0 Å². The van der Waals surface area contributed by atoms with E-state index in [1.54, 1.807) is 13.8 Å². The van der Waals surface area contributed by atoms with Gasteiger partial charge in [-0.3, -0.25) is 19.7 Å². The SMILES string of the molecule is COc1ccc([N+](=O)[O-])cc1CNC(=O)CNC(=O)[C@@H](N)C(C)C. The first kappa shape index (κ1) is 19.4. The Bertz CT molecular complexity index is 618. The second-order valence-electron chi connectivity index (χ2n) is 5.52. The van der Waals surface area contributed by atoms with Crippen molar-refractivity contribution in [2.75, 3.05) is 13.7 Å². The molecule has 1 rings (SSSR count). The molecule has 9 heteroatoms. The number of nitro benzene ring substituents is 1. The maximum atomic E-state index is 11.8. The van der Waals surface area contributed by atoms with Gasteiger partial charge in [0.05, 0.1) is 24.6 Å². The largest absolute Gasteiger partial charge is 0.496 e. The monoisotopic (exact) mass is 338 g/mol. The van der Waals surface area contributed by atoms with Crippen LogP contribution in [0.1, 0.15) is 19.4 Å². The van der Waals surface area contributed by atoms with Crippen LogP contribution in [0.5, 0.6) is 5.75 Å².